The van der Waals surface area contributed by atoms with Crippen LogP contribution in [-0.2, 0) is 4.57 Å². The second-order valence-electron chi connectivity index (χ2n) is 9.02. The average Bonchev–Trinajstić information content (AvgIpc) is 3.06. The van der Waals surface area contributed by atoms with Gasteiger partial charge in [0.25, 0.3) is 0 Å². The van der Waals surface area contributed by atoms with Crippen LogP contribution in [0, 0.1) is 17.8 Å². The molecule has 0 aromatic carbocycles. The molecule has 0 spiro atoms. The van der Waals surface area contributed by atoms with Crippen molar-refractivity contribution in [2.75, 3.05) is 12.8 Å². The van der Waals surface area contributed by atoms with Crippen molar-refractivity contribution in [3.63, 3.8) is 0 Å². The second-order valence-corrected chi connectivity index (χ2v) is 11.6. The second kappa shape index (κ2) is 10.1. The van der Waals surface area contributed by atoms with E-state index >= 15 is 0 Å². The van der Waals surface area contributed by atoms with Gasteiger partial charge in [-0.3, -0.25) is 4.57 Å². The van der Waals surface area contributed by atoms with Crippen LogP contribution in [0.1, 0.15) is 65.6 Å². The summed E-state index contributed by atoms with van der Waals surface area (Å²) in [5.74, 6) is 1.18. The van der Waals surface area contributed by atoms with Crippen LogP contribution in [0.15, 0.2) is 23.8 Å². The van der Waals surface area contributed by atoms with Crippen LogP contribution in [0.5, 0.6) is 0 Å². The van der Waals surface area contributed by atoms with E-state index < -0.39 is 13.0 Å². The molecule has 27 heavy (non-hydrogen) atoms. The van der Waals surface area contributed by atoms with E-state index in [-0.39, 0.29) is 43.0 Å². The maximum Gasteiger partial charge on any atom is 1.00 e. The largest absolute Gasteiger partial charge is 1.00 e. The minimum absolute atomic E-state index is 0. The van der Waals surface area contributed by atoms with Crippen molar-refractivity contribution in [2.24, 2.45) is 17.8 Å². The topological polar surface area (TPSA) is 77.8 Å². The fourth-order valence-electron chi connectivity index (χ4n) is 5.25. The summed E-state index contributed by atoms with van der Waals surface area (Å²) in [6.07, 6.45) is 16.1. The van der Waals surface area contributed by atoms with Crippen LogP contribution >= 0.6 is 7.37 Å². The van der Waals surface area contributed by atoms with E-state index in [1.54, 1.807) is 0 Å². The Hall–Kier alpha value is 0.590. The molecule has 3 rings (SSSR count). The molecule has 0 aliphatic heterocycles. The predicted molar refractivity (Wildman–Crippen MR) is 107 cm³/mol. The maximum atomic E-state index is 11.4. The molecular formula is C21H36NaO4P. The minimum atomic E-state index is -2.89. The number of fused-ring (bicyclic) bond motifs is 1. The Morgan fingerprint density at radius 3 is 2.63 bits per heavy atom. The van der Waals surface area contributed by atoms with E-state index in [9.17, 15) is 19.7 Å². The molecule has 6 heteroatoms. The summed E-state index contributed by atoms with van der Waals surface area (Å²) in [6, 6.07) is 0. The number of rotatable bonds is 6. The fraction of sp³-hybridized carbons (Fsp3) is 0.810. The summed E-state index contributed by atoms with van der Waals surface area (Å²) >= 11 is 0. The van der Waals surface area contributed by atoms with Gasteiger partial charge in [-0.2, -0.15) is 0 Å². The van der Waals surface area contributed by atoms with Crippen molar-refractivity contribution in [1.82, 2.24) is 0 Å². The minimum Gasteiger partial charge on any atom is -1.00 e. The summed E-state index contributed by atoms with van der Waals surface area (Å²) in [5.41, 5.74) is 0.789. The third-order valence-electron chi connectivity index (χ3n) is 6.67. The molecule has 3 saturated carbocycles. The smallest absolute Gasteiger partial charge is 1.00 e. The number of unbranched alkanes of at least 4 members (excludes halogenated alkanes) is 1. The van der Waals surface area contributed by atoms with Crippen LogP contribution in [0.3, 0.4) is 0 Å². The molecule has 4 nitrogen and oxygen atoms in total. The van der Waals surface area contributed by atoms with Gasteiger partial charge in [0, 0.05) is 18.7 Å². The molecule has 5 atom stereocenters. The number of aliphatic hydroxyl groups is 2. The maximum absolute atomic E-state index is 11.4. The van der Waals surface area contributed by atoms with Crippen molar-refractivity contribution in [3.05, 3.63) is 23.8 Å². The summed E-state index contributed by atoms with van der Waals surface area (Å²) in [7, 11) is -2.89. The molecule has 3 fully saturated rings. The Kier molecular flexibility index (Phi) is 8.90. The van der Waals surface area contributed by atoms with Gasteiger partial charge in [0.05, 0.1) is 11.7 Å². The van der Waals surface area contributed by atoms with Crippen LogP contribution in [0.2, 0.25) is 0 Å². The van der Waals surface area contributed by atoms with Crippen LogP contribution < -0.4 is 29.6 Å². The van der Waals surface area contributed by atoms with Gasteiger partial charge in [0.15, 0.2) is 7.37 Å². The van der Waals surface area contributed by atoms with E-state index in [4.69, 9.17) is 0 Å². The number of aliphatic hydroxyl groups excluding tert-OH is 1. The molecule has 0 radical (unpaired) electrons. The Balaban J connectivity index is 0.00000196. The third kappa shape index (κ3) is 6.81. The van der Waals surface area contributed by atoms with Gasteiger partial charge in [-0.15, -0.1) is 0 Å². The monoisotopic (exact) mass is 406 g/mol. The van der Waals surface area contributed by atoms with E-state index in [1.807, 2.05) is 6.08 Å². The SMILES string of the molecule is CP(=O)(O)CCCC=C1CC2CC(O)C(C=CC3(O)CCCCC3)C2C1.[H-].[Na+]. The zero-order valence-electron chi connectivity index (χ0n) is 18.0. The van der Waals surface area contributed by atoms with Crippen molar-refractivity contribution in [2.45, 2.75) is 75.9 Å². The molecule has 0 heterocycles. The van der Waals surface area contributed by atoms with Gasteiger partial charge >= 0.3 is 29.6 Å². The van der Waals surface area contributed by atoms with E-state index in [0.717, 1.165) is 57.8 Å². The van der Waals surface area contributed by atoms with Crippen molar-refractivity contribution in [3.8, 4) is 0 Å². The molecule has 3 N–H and O–H groups in total. The molecule has 0 bridgehead atoms. The predicted octanol–water partition coefficient (Wildman–Crippen LogP) is 1.37. The molecule has 0 aromatic rings. The molecule has 150 valence electrons. The summed E-state index contributed by atoms with van der Waals surface area (Å²) in [4.78, 5) is 9.37. The zero-order valence-corrected chi connectivity index (χ0v) is 19.9. The summed E-state index contributed by atoms with van der Waals surface area (Å²) < 4.78 is 11.4. The Labute approximate surface area is 187 Å². The molecule has 3 aliphatic carbocycles. The Morgan fingerprint density at radius 1 is 1.26 bits per heavy atom. The normalized spacial score (nSPS) is 36.5. The van der Waals surface area contributed by atoms with Crippen molar-refractivity contribution >= 4 is 7.37 Å². The van der Waals surface area contributed by atoms with Gasteiger partial charge in [-0.1, -0.05) is 43.1 Å². The Bertz CT molecular complexity index is 597. The van der Waals surface area contributed by atoms with Gasteiger partial charge in [-0.05, 0) is 56.8 Å². The third-order valence-corrected chi connectivity index (χ3v) is 7.81. The van der Waals surface area contributed by atoms with E-state index in [2.05, 4.69) is 12.2 Å². The first-order valence-electron chi connectivity index (χ1n) is 10.3. The molecule has 0 saturated heterocycles. The first-order valence-corrected chi connectivity index (χ1v) is 12.6. The van der Waals surface area contributed by atoms with Gasteiger partial charge in [0.2, 0.25) is 0 Å². The average molecular weight is 406 g/mol. The first-order chi connectivity index (χ1) is 12.3. The number of hydrogen-bond donors (Lipinski definition) is 3. The summed E-state index contributed by atoms with van der Waals surface area (Å²) in [6.45, 7) is 1.43. The molecule has 5 unspecified atom stereocenters. The number of hydrogen-bond acceptors (Lipinski definition) is 3. The van der Waals surface area contributed by atoms with Gasteiger partial charge in [-0.25, -0.2) is 0 Å². The van der Waals surface area contributed by atoms with Crippen molar-refractivity contribution in [1.29, 1.82) is 0 Å². The van der Waals surface area contributed by atoms with Crippen LogP contribution in [0.25, 0.3) is 0 Å². The van der Waals surface area contributed by atoms with E-state index in [0.29, 0.717) is 18.0 Å². The quantitative estimate of drug-likeness (QED) is 0.270. The zero-order chi connectivity index (χ0) is 18.8. The molecular weight excluding hydrogens is 370 g/mol. The first kappa shape index (κ1) is 23.9. The van der Waals surface area contributed by atoms with Crippen LogP contribution in [0.4, 0.5) is 0 Å². The molecule has 3 aliphatic rings. The standard InChI is InChI=1S/C21H35O4P.Na.H/c1-26(24,25)12-6-3-7-16-13-17-15-20(22)18(19(17)14-16)8-11-21(23)9-4-2-5-10-21;;/h7-8,11,17-20,22-23H,2-6,9-10,12-15H2,1H3,(H,24,25);;/q;+1;-1. The van der Waals surface area contributed by atoms with Gasteiger partial charge < -0.3 is 16.5 Å². The Morgan fingerprint density at radius 2 is 1.96 bits per heavy atom. The van der Waals surface area contributed by atoms with Crippen LogP contribution in [-0.4, -0.2) is 39.6 Å². The fourth-order valence-corrected chi connectivity index (χ4v) is 6.02. The molecule has 0 aromatic heterocycles. The van der Waals surface area contributed by atoms with Gasteiger partial charge in [0.1, 0.15) is 0 Å². The summed E-state index contributed by atoms with van der Waals surface area (Å²) in [5, 5.41) is 21.2. The molecule has 0 amide bonds. The number of allylic oxidation sites excluding steroid dienone is 2. The van der Waals surface area contributed by atoms with Crippen molar-refractivity contribution < 1.29 is 50.7 Å². The van der Waals surface area contributed by atoms with E-state index in [1.165, 1.54) is 18.7 Å².